The van der Waals surface area contributed by atoms with Crippen LogP contribution in [0.1, 0.15) is 16.9 Å². The van der Waals surface area contributed by atoms with Crippen molar-refractivity contribution in [2.45, 2.75) is 16.9 Å². The van der Waals surface area contributed by atoms with Crippen molar-refractivity contribution in [2.24, 2.45) is 0 Å². The molecule has 0 bridgehead atoms. The highest BCUT2D eigenvalue weighted by atomic mass is 32.2. The lowest BCUT2D eigenvalue weighted by Gasteiger charge is -1.99. The molecule has 0 atom stereocenters. The second-order valence-electron chi connectivity index (χ2n) is 5.25. The minimum atomic E-state index is -0.328. The maximum absolute atomic E-state index is 13.0. The topological polar surface area (TPSA) is 36.9 Å². The summed E-state index contributed by atoms with van der Waals surface area (Å²) in [5, 5.41) is 10.1. The molecule has 0 unspecified atom stereocenters. The van der Waals surface area contributed by atoms with E-state index < -0.39 is 0 Å². The number of furan rings is 1. The second-order valence-corrected chi connectivity index (χ2v) is 6.33. The molecule has 0 aliphatic heterocycles. The molecule has 2 aromatic carbocycles. The highest BCUT2D eigenvalue weighted by Gasteiger charge is 2.06. The van der Waals surface area contributed by atoms with Gasteiger partial charge in [-0.3, -0.25) is 0 Å². The number of hydrogen-bond acceptors (Lipinski definition) is 3. The van der Waals surface area contributed by atoms with E-state index in [1.807, 2.05) is 31.2 Å². The summed E-state index contributed by atoms with van der Waals surface area (Å²) in [4.78, 5) is 1.09. The first-order valence-electron chi connectivity index (χ1n) is 7.36. The van der Waals surface area contributed by atoms with Crippen LogP contribution in [0, 0.1) is 24.1 Å². The number of halogens is 1. The van der Waals surface area contributed by atoms with Crippen molar-refractivity contribution in [2.75, 3.05) is 0 Å². The van der Waals surface area contributed by atoms with E-state index in [0.717, 1.165) is 9.99 Å². The third kappa shape index (κ3) is 3.95. The van der Waals surface area contributed by atoms with Crippen molar-refractivity contribution in [1.82, 2.24) is 0 Å². The zero-order valence-electron chi connectivity index (χ0n) is 13.0. The Morgan fingerprint density at radius 2 is 1.75 bits per heavy atom. The van der Waals surface area contributed by atoms with Gasteiger partial charge in [0.1, 0.15) is 11.6 Å². The number of nitriles is 1. The molecule has 3 rings (SSSR count). The Morgan fingerprint density at radius 3 is 2.42 bits per heavy atom. The lowest BCUT2D eigenvalue weighted by Crippen LogP contribution is -1.82. The monoisotopic (exact) mass is 335 g/mol. The largest absolute Gasteiger partial charge is 0.450 e. The Balaban J connectivity index is 1.80. The SMILES string of the molecule is Cc1ccc(Sc2ccc(C=C(C#N)c3ccc(F)cc3)o2)cc1. The van der Waals surface area contributed by atoms with Crippen LogP contribution in [0.15, 0.2) is 75.1 Å². The summed E-state index contributed by atoms with van der Waals surface area (Å²) >= 11 is 1.52. The molecule has 0 aliphatic carbocycles. The molecule has 24 heavy (non-hydrogen) atoms. The van der Waals surface area contributed by atoms with Gasteiger partial charge in [-0.1, -0.05) is 41.6 Å². The zero-order valence-corrected chi connectivity index (χ0v) is 13.8. The molecule has 2 nitrogen and oxygen atoms in total. The van der Waals surface area contributed by atoms with E-state index in [0.29, 0.717) is 16.9 Å². The van der Waals surface area contributed by atoms with E-state index in [1.54, 1.807) is 18.2 Å². The molecular formula is C20H14FNOS. The van der Waals surface area contributed by atoms with Crippen molar-refractivity contribution in [3.63, 3.8) is 0 Å². The molecule has 0 aliphatic rings. The first-order chi connectivity index (χ1) is 11.6. The number of benzene rings is 2. The maximum Gasteiger partial charge on any atom is 0.165 e. The Labute approximate surface area is 144 Å². The number of hydrogen-bond donors (Lipinski definition) is 0. The molecule has 4 heteroatoms. The van der Waals surface area contributed by atoms with E-state index in [9.17, 15) is 9.65 Å². The van der Waals surface area contributed by atoms with Gasteiger partial charge in [0.25, 0.3) is 0 Å². The van der Waals surface area contributed by atoms with E-state index in [2.05, 4.69) is 18.2 Å². The number of allylic oxidation sites excluding steroid dienone is 1. The fraction of sp³-hybridized carbons (Fsp3) is 0.0500. The maximum atomic E-state index is 13.0. The summed E-state index contributed by atoms with van der Waals surface area (Å²) in [6.45, 7) is 2.04. The van der Waals surface area contributed by atoms with Gasteiger partial charge in [0.15, 0.2) is 5.09 Å². The molecule has 0 radical (unpaired) electrons. The average Bonchev–Trinajstić information content (AvgIpc) is 3.03. The van der Waals surface area contributed by atoms with Crippen LogP contribution in [-0.4, -0.2) is 0 Å². The first-order valence-corrected chi connectivity index (χ1v) is 8.18. The summed E-state index contributed by atoms with van der Waals surface area (Å²) in [7, 11) is 0. The smallest absolute Gasteiger partial charge is 0.165 e. The van der Waals surface area contributed by atoms with Gasteiger partial charge in [-0.2, -0.15) is 5.26 Å². The Hall–Kier alpha value is -2.77. The van der Waals surface area contributed by atoms with Crippen molar-refractivity contribution < 1.29 is 8.81 Å². The normalized spacial score (nSPS) is 11.3. The van der Waals surface area contributed by atoms with Gasteiger partial charge in [0.2, 0.25) is 0 Å². The summed E-state index contributed by atoms with van der Waals surface area (Å²) in [5.41, 5.74) is 2.29. The Morgan fingerprint density at radius 1 is 1.04 bits per heavy atom. The lowest BCUT2D eigenvalue weighted by molar-refractivity contribution is 0.466. The molecule has 0 saturated heterocycles. The summed E-state index contributed by atoms with van der Waals surface area (Å²) < 4.78 is 18.7. The van der Waals surface area contributed by atoms with Crippen LogP contribution in [-0.2, 0) is 0 Å². The Kier molecular flexibility index (Phi) is 4.83. The number of aryl methyl sites for hydroxylation is 1. The second kappa shape index (κ2) is 7.20. The third-order valence-electron chi connectivity index (χ3n) is 3.40. The van der Waals surface area contributed by atoms with Crippen LogP contribution in [0.5, 0.6) is 0 Å². The average molecular weight is 335 g/mol. The zero-order chi connectivity index (χ0) is 16.9. The predicted octanol–water partition coefficient (Wildman–Crippen LogP) is 5.94. The number of rotatable bonds is 4. The standard InChI is InChI=1S/C20H14FNOS/c1-14-2-9-19(10-3-14)24-20-11-8-18(23-20)12-16(13-22)15-4-6-17(21)7-5-15/h2-12H,1H3. The van der Waals surface area contributed by atoms with Crippen LogP contribution in [0.25, 0.3) is 11.6 Å². The molecule has 0 saturated carbocycles. The molecular weight excluding hydrogens is 321 g/mol. The molecule has 0 spiro atoms. The van der Waals surface area contributed by atoms with Crippen LogP contribution in [0.2, 0.25) is 0 Å². The molecule has 0 N–H and O–H groups in total. The van der Waals surface area contributed by atoms with Crippen molar-refractivity contribution >= 4 is 23.4 Å². The number of nitrogens with zero attached hydrogens (tertiary/aromatic N) is 1. The van der Waals surface area contributed by atoms with Gasteiger partial charge in [0, 0.05) is 4.90 Å². The van der Waals surface area contributed by atoms with Crippen LogP contribution >= 0.6 is 11.8 Å². The Bertz CT molecular complexity index is 902. The van der Waals surface area contributed by atoms with Crippen LogP contribution in [0.3, 0.4) is 0 Å². The van der Waals surface area contributed by atoms with Crippen LogP contribution in [0.4, 0.5) is 4.39 Å². The van der Waals surface area contributed by atoms with Crippen molar-refractivity contribution in [3.05, 3.63) is 83.4 Å². The van der Waals surface area contributed by atoms with E-state index >= 15 is 0 Å². The fourth-order valence-electron chi connectivity index (χ4n) is 2.14. The van der Waals surface area contributed by atoms with Gasteiger partial charge in [-0.15, -0.1) is 0 Å². The summed E-state index contributed by atoms with van der Waals surface area (Å²) in [5.74, 6) is 0.260. The van der Waals surface area contributed by atoms with Gasteiger partial charge in [0.05, 0.1) is 11.6 Å². The van der Waals surface area contributed by atoms with Gasteiger partial charge in [-0.25, -0.2) is 4.39 Å². The van der Waals surface area contributed by atoms with E-state index in [1.165, 1.54) is 29.5 Å². The molecule has 118 valence electrons. The van der Waals surface area contributed by atoms with Crippen LogP contribution < -0.4 is 0 Å². The quantitative estimate of drug-likeness (QED) is 0.553. The molecule has 1 heterocycles. The van der Waals surface area contributed by atoms with Gasteiger partial charge in [-0.05, 0) is 55.0 Å². The van der Waals surface area contributed by atoms with E-state index in [-0.39, 0.29) is 5.82 Å². The summed E-state index contributed by atoms with van der Waals surface area (Å²) in [6, 6.07) is 19.8. The fourth-order valence-corrected chi connectivity index (χ4v) is 2.92. The highest BCUT2D eigenvalue weighted by Crippen LogP contribution is 2.30. The van der Waals surface area contributed by atoms with E-state index in [4.69, 9.17) is 4.42 Å². The molecule has 0 fully saturated rings. The van der Waals surface area contributed by atoms with Crippen molar-refractivity contribution in [3.8, 4) is 6.07 Å². The minimum absolute atomic E-state index is 0.328. The lowest BCUT2D eigenvalue weighted by atomic mass is 10.1. The van der Waals surface area contributed by atoms with Gasteiger partial charge < -0.3 is 4.42 Å². The third-order valence-corrected chi connectivity index (χ3v) is 4.33. The summed E-state index contributed by atoms with van der Waals surface area (Å²) in [6.07, 6.45) is 1.66. The predicted molar refractivity (Wildman–Crippen MR) is 93.9 cm³/mol. The van der Waals surface area contributed by atoms with Crippen molar-refractivity contribution in [1.29, 1.82) is 5.26 Å². The highest BCUT2D eigenvalue weighted by molar-refractivity contribution is 7.99. The van der Waals surface area contributed by atoms with Gasteiger partial charge >= 0.3 is 0 Å². The molecule has 3 aromatic rings. The molecule has 1 aromatic heterocycles. The molecule has 0 amide bonds. The minimum Gasteiger partial charge on any atom is -0.450 e. The first kappa shape index (κ1) is 16.1.